The van der Waals surface area contributed by atoms with Crippen molar-refractivity contribution in [1.82, 2.24) is 19.7 Å². The maximum Gasteiger partial charge on any atom is 0.241 e. The minimum absolute atomic E-state index is 0.0361. The van der Waals surface area contributed by atoms with Crippen LogP contribution in [0, 0.1) is 6.92 Å². The van der Waals surface area contributed by atoms with Crippen molar-refractivity contribution in [3.8, 4) is 10.6 Å². The lowest BCUT2D eigenvalue weighted by molar-refractivity contribution is -0.145. The number of sulfonamides is 1. The molecule has 2 saturated heterocycles. The van der Waals surface area contributed by atoms with Crippen LogP contribution in [-0.2, 0) is 30.8 Å². The molecule has 0 radical (unpaired) electrons. The number of amides is 3. The Morgan fingerprint density at radius 1 is 1.18 bits per heavy atom. The van der Waals surface area contributed by atoms with Gasteiger partial charge in [-0.25, -0.2) is 8.42 Å². The third-order valence-corrected chi connectivity index (χ3v) is 9.92. The summed E-state index contributed by atoms with van der Waals surface area (Å²) >= 11 is 7.33. The normalized spacial score (nSPS) is 17.1. The maximum atomic E-state index is 13.7. The number of nitrogens with one attached hydrogen (secondary N) is 1. The number of hydrogen-bond acceptors (Lipinski definition) is 8. The Kier molecular flexibility index (Phi) is 8.00. The molecule has 4 heterocycles. The molecular formula is C26H28ClN5O6S2. The standard InChI is InChI=1S/C26H28ClN5O6S2/c1-16-19(32-10-4-7-24(32)33)5-3-6-22(16)40(36,37)29-18(26(35)31-12-11-30(2)25(34)15-31)13-17-14-20(38-28-17)21-8-9-23(27)39-21/h3,5-6,8-9,14,18,29H,4,7,10-13,15H2,1-2H3/t18-/m0/s1. The zero-order valence-corrected chi connectivity index (χ0v) is 24.3. The van der Waals surface area contributed by atoms with Gasteiger partial charge >= 0.3 is 0 Å². The van der Waals surface area contributed by atoms with Crippen LogP contribution in [0.5, 0.6) is 0 Å². The average Bonchev–Trinajstić information content (AvgIpc) is 3.66. The number of carbonyl (C=O) groups excluding carboxylic acids is 3. The number of thiophene rings is 1. The lowest BCUT2D eigenvalue weighted by atomic mass is 10.1. The highest BCUT2D eigenvalue weighted by atomic mass is 35.5. The van der Waals surface area contributed by atoms with E-state index in [-0.39, 0.29) is 36.2 Å². The monoisotopic (exact) mass is 605 g/mol. The number of aromatic nitrogens is 1. The van der Waals surface area contributed by atoms with Gasteiger partial charge in [0.1, 0.15) is 6.04 Å². The molecule has 0 unspecified atom stereocenters. The summed E-state index contributed by atoms with van der Waals surface area (Å²) in [4.78, 5) is 43.5. The fraction of sp³-hybridized carbons (Fsp3) is 0.385. The van der Waals surface area contributed by atoms with E-state index in [2.05, 4.69) is 9.88 Å². The largest absolute Gasteiger partial charge is 0.355 e. The summed E-state index contributed by atoms with van der Waals surface area (Å²) < 4.78 is 36.0. The summed E-state index contributed by atoms with van der Waals surface area (Å²) in [6.07, 6.45) is 1.00. The zero-order valence-electron chi connectivity index (χ0n) is 21.9. The molecule has 11 nitrogen and oxygen atoms in total. The highest BCUT2D eigenvalue weighted by Gasteiger charge is 2.35. The van der Waals surface area contributed by atoms with E-state index in [1.54, 1.807) is 49.2 Å². The van der Waals surface area contributed by atoms with Crippen LogP contribution in [0.25, 0.3) is 10.6 Å². The van der Waals surface area contributed by atoms with Crippen LogP contribution in [0.3, 0.4) is 0 Å². The fourth-order valence-electron chi connectivity index (χ4n) is 4.87. The molecule has 2 aliphatic heterocycles. The topological polar surface area (TPSA) is 133 Å². The van der Waals surface area contributed by atoms with E-state index >= 15 is 0 Å². The molecule has 0 saturated carbocycles. The number of benzene rings is 1. The second kappa shape index (κ2) is 11.3. The second-order valence-electron chi connectivity index (χ2n) is 9.79. The van der Waals surface area contributed by atoms with Crippen molar-refractivity contribution in [2.75, 3.05) is 38.1 Å². The summed E-state index contributed by atoms with van der Waals surface area (Å²) in [7, 11) is -2.58. The minimum Gasteiger partial charge on any atom is -0.355 e. The molecule has 1 N–H and O–H groups in total. The first kappa shape index (κ1) is 28.3. The molecule has 3 aromatic rings. The Morgan fingerprint density at radius 3 is 2.65 bits per heavy atom. The van der Waals surface area contributed by atoms with Crippen molar-refractivity contribution in [3.05, 3.63) is 52.0 Å². The Bertz CT molecular complexity index is 1570. The third kappa shape index (κ3) is 5.78. The van der Waals surface area contributed by atoms with E-state index in [4.69, 9.17) is 16.1 Å². The van der Waals surface area contributed by atoms with Gasteiger partial charge in [-0.2, -0.15) is 4.72 Å². The first-order valence-corrected chi connectivity index (χ1v) is 15.4. The Labute approximate surface area is 240 Å². The van der Waals surface area contributed by atoms with Crippen LogP contribution in [0.1, 0.15) is 24.1 Å². The first-order valence-electron chi connectivity index (χ1n) is 12.7. The van der Waals surface area contributed by atoms with Gasteiger partial charge in [0.05, 0.1) is 26.3 Å². The lowest BCUT2D eigenvalue weighted by Crippen LogP contribution is -2.56. The van der Waals surface area contributed by atoms with Crippen LogP contribution in [-0.4, -0.2) is 80.4 Å². The predicted octanol–water partition coefficient (Wildman–Crippen LogP) is 2.68. The molecule has 0 aliphatic carbocycles. The van der Waals surface area contributed by atoms with Crippen molar-refractivity contribution in [2.24, 2.45) is 0 Å². The molecule has 0 bridgehead atoms. The number of carbonyl (C=O) groups is 3. The Hall–Kier alpha value is -3.26. The van der Waals surface area contributed by atoms with Gasteiger partial charge in [-0.1, -0.05) is 22.8 Å². The number of hydrogen-bond donors (Lipinski definition) is 1. The highest BCUT2D eigenvalue weighted by molar-refractivity contribution is 7.89. The van der Waals surface area contributed by atoms with Crippen LogP contribution >= 0.6 is 22.9 Å². The number of nitrogens with zero attached hydrogens (tertiary/aromatic N) is 4. The molecule has 2 aliphatic rings. The number of halogens is 1. The van der Waals surface area contributed by atoms with Gasteiger partial charge in [-0.15, -0.1) is 11.3 Å². The molecular weight excluding hydrogens is 578 g/mol. The first-order chi connectivity index (χ1) is 19.0. The molecule has 2 aromatic heterocycles. The van der Waals surface area contributed by atoms with E-state index < -0.39 is 22.0 Å². The summed E-state index contributed by atoms with van der Waals surface area (Å²) in [5.41, 5.74) is 1.28. The third-order valence-electron chi connectivity index (χ3n) is 7.06. The fourth-order valence-corrected chi connectivity index (χ4v) is 7.31. The highest BCUT2D eigenvalue weighted by Crippen LogP contribution is 2.32. The summed E-state index contributed by atoms with van der Waals surface area (Å²) in [5, 5.41) is 4.05. The van der Waals surface area contributed by atoms with Crippen molar-refractivity contribution >= 4 is 56.4 Å². The van der Waals surface area contributed by atoms with Gasteiger partial charge in [-0.3, -0.25) is 14.4 Å². The van der Waals surface area contributed by atoms with Gasteiger partial charge in [0.25, 0.3) is 0 Å². The van der Waals surface area contributed by atoms with Crippen LogP contribution in [0.4, 0.5) is 5.69 Å². The number of anilines is 1. The van der Waals surface area contributed by atoms with E-state index in [0.717, 1.165) is 4.88 Å². The zero-order chi connectivity index (χ0) is 28.6. The quantitative estimate of drug-likeness (QED) is 0.417. The molecule has 212 valence electrons. The lowest BCUT2D eigenvalue weighted by Gasteiger charge is -2.34. The van der Waals surface area contributed by atoms with Gasteiger partial charge < -0.3 is 19.2 Å². The van der Waals surface area contributed by atoms with Crippen molar-refractivity contribution in [1.29, 1.82) is 0 Å². The van der Waals surface area contributed by atoms with E-state index in [1.165, 1.54) is 27.2 Å². The SMILES string of the molecule is Cc1c(N2CCCC2=O)cccc1S(=O)(=O)N[C@@H](Cc1cc(-c2ccc(Cl)s2)on1)C(=O)N1CCN(C)C(=O)C1. The van der Waals surface area contributed by atoms with E-state index in [1.807, 2.05) is 0 Å². The minimum atomic E-state index is -4.23. The van der Waals surface area contributed by atoms with Crippen LogP contribution in [0.2, 0.25) is 4.34 Å². The Balaban J connectivity index is 1.44. The molecule has 0 spiro atoms. The van der Waals surface area contributed by atoms with Crippen molar-refractivity contribution < 1.29 is 27.3 Å². The summed E-state index contributed by atoms with van der Waals surface area (Å²) in [6, 6.07) is 8.61. The molecule has 2 fully saturated rings. The number of rotatable bonds is 8. The Morgan fingerprint density at radius 2 is 1.98 bits per heavy atom. The van der Waals surface area contributed by atoms with E-state index in [0.29, 0.717) is 53.0 Å². The molecule has 14 heteroatoms. The number of likely N-dealkylation sites (N-methyl/N-ethyl adjacent to an activating group) is 1. The second-order valence-corrected chi connectivity index (χ2v) is 13.2. The van der Waals surface area contributed by atoms with Crippen LogP contribution in [0.15, 0.2) is 45.8 Å². The van der Waals surface area contributed by atoms with Crippen molar-refractivity contribution in [2.45, 2.75) is 37.1 Å². The smallest absolute Gasteiger partial charge is 0.241 e. The van der Waals surface area contributed by atoms with Crippen LogP contribution < -0.4 is 9.62 Å². The molecule has 40 heavy (non-hydrogen) atoms. The molecule has 5 rings (SSSR count). The summed E-state index contributed by atoms with van der Waals surface area (Å²) in [6.45, 7) is 2.60. The van der Waals surface area contributed by atoms with Gasteiger partial charge in [0, 0.05) is 51.3 Å². The molecule has 1 atom stereocenters. The molecule has 1 aromatic carbocycles. The van der Waals surface area contributed by atoms with Gasteiger partial charge in [0.2, 0.25) is 27.7 Å². The van der Waals surface area contributed by atoms with Crippen molar-refractivity contribution in [3.63, 3.8) is 0 Å². The average molecular weight is 606 g/mol. The summed E-state index contributed by atoms with van der Waals surface area (Å²) in [5.74, 6) is -0.405. The van der Waals surface area contributed by atoms with E-state index in [9.17, 15) is 22.8 Å². The van der Waals surface area contributed by atoms with Gasteiger partial charge in [0.15, 0.2) is 5.76 Å². The number of piperazine rings is 1. The molecule has 3 amide bonds. The maximum absolute atomic E-state index is 13.7. The van der Waals surface area contributed by atoms with Gasteiger partial charge in [-0.05, 0) is 43.2 Å². The predicted molar refractivity (Wildman–Crippen MR) is 150 cm³/mol.